The van der Waals surface area contributed by atoms with Gasteiger partial charge in [-0.1, -0.05) is 0 Å². The lowest BCUT2D eigenvalue weighted by Gasteiger charge is -2.42. The quantitative estimate of drug-likeness (QED) is 0.115. The summed E-state index contributed by atoms with van der Waals surface area (Å²) in [4.78, 5) is 15.4. The van der Waals surface area contributed by atoms with Crippen LogP contribution in [-0.2, 0) is 4.79 Å². The molecule has 1 aliphatic heterocycles. The van der Waals surface area contributed by atoms with Crippen LogP contribution in [0.25, 0.3) is 0 Å². The molecule has 8 atom stereocenters. The molecule has 28 heavy (non-hydrogen) atoms. The third-order valence-corrected chi connectivity index (χ3v) is 7.30. The molecule has 1 aliphatic carbocycles. The van der Waals surface area contributed by atoms with Gasteiger partial charge in [0.15, 0.2) is 5.96 Å². The number of guanidine groups is 1. The first-order valence-electron chi connectivity index (χ1n) is 9.59. The van der Waals surface area contributed by atoms with Crippen molar-refractivity contribution in [3.05, 3.63) is 0 Å². The number of aliphatic carboxylic acids is 1. The summed E-state index contributed by atoms with van der Waals surface area (Å²) in [5.41, 5.74) is 10.5. The lowest BCUT2D eigenvalue weighted by atomic mass is 9.92. The van der Waals surface area contributed by atoms with Crippen molar-refractivity contribution in [2.45, 2.75) is 73.0 Å². The smallest absolute Gasteiger partial charge is 0.320 e. The van der Waals surface area contributed by atoms with Crippen LogP contribution in [0.15, 0.2) is 4.99 Å². The van der Waals surface area contributed by atoms with Gasteiger partial charge in [-0.15, -0.1) is 11.8 Å². The topological polar surface area (TPSA) is 195 Å². The predicted octanol–water partition coefficient (Wildman–Crippen LogP) is -2.19. The first-order valence-corrected chi connectivity index (χ1v) is 10.5. The van der Waals surface area contributed by atoms with Crippen LogP contribution in [-0.4, -0.2) is 91.5 Å². The van der Waals surface area contributed by atoms with Crippen LogP contribution < -0.4 is 16.8 Å². The maximum atomic E-state index is 11.5. The minimum Gasteiger partial charge on any atom is -0.480 e. The van der Waals surface area contributed by atoms with Gasteiger partial charge in [0.1, 0.15) is 12.1 Å². The number of hydrogen-bond acceptors (Lipinski definition) is 8. The van der Waals surface area contributed by atoms with Crippen LogP contribution in [0.2, 0.25) is 0 Å². The van der Waals surface area contributed by atoms with Crippen LogP contribution in [0.1, 0.15) is 32.1 Å². The second-order valence-corrected chi connectivity index (χ2v) is 8.99. The van der Waals surface area contributed by atoms with Crippen molar-refractivity contribution in [3.8, 4) is 0 Å². The molecular formula is C17H32N4O6S. The highest BCUT2D eigenvalue weighted by molar-refractivity contribution is 8.00. The van der Waals surface area contributed by atoms with E-state index >= 15 is 0 Å². The summed E-state index contributed by atoms with van der Waals surface area (Å²) in [6.45, 7) is 0.0894. The molecule has 1 heterocycles. The number of carboxylic acid groups (broad SMARTS) is 1. The number of nitrogens with one attached hydrogen (secondary N) is 1. The van der Waals surface area contributed by atoms with Crippen molar-refractivity contribution in [1.82, 2.24) is 5.32 Å². The van der Waals surface area contributed by atoms with Crippen LogP contribution in [0.3, 0.4) is 0 Å². The standard InChI is InChI=1S/C17H32N4O6S/c18-17(19)20-5-1-2-10(16(26)27)21-9-4-3-8(6-9)15-14(25)13(24)12(23)11(7-22)28-15/h8-15,21-25H,1-7H2,(H,26,27)(H4,18,19,20)/t8?,9?,10-,11+,12-,13-,14+,15-/m0/s1. The van der Waals surface area contributed by atoms with E-state index in [-0.39, 0.29) is 29.8 Å². The van der Waals surface area contributed by atoms with Crippen molar-refractivity contribution in [2.24, 2.45) is 22.4 Å². The fourth-order valence-corrected chi connectivity index (χ4v) is 5.66. The Morgan fingerprint density at radius 1 is 1.18 bits per heavy atom. The maximum absolute atomic E-state index is 11.5. The largest absolute Gasteiger partial charge is 0.480 e. The summed E-state index contributed by atoms with van der Waals surface area (Å²) in [6.07, 6.45) is -0.420. The summed E-state index contributed by atoms with van der Waals surface area (Å²) in [5, 5.41) is 51.6. The van der Waals surface area contributed by atoms with E-state index in [0.717, 1.165) is 12.8 Å². The fourth-order valence-electron chi connectivity index (χ4n) is 4.05. The lowest BCUT2D eigenvalue weighted by molar-refractivity contribution is -0.139. The molecule has 0 aromatic rings. The molecule has 0 amide bonds. The average Bonchev–Trinajstić information content (AvgIpc) is 3.10. The highest BCUT2D eigenvalue weighted by atomic mass is 32.2. The van der Waals surface area contributed by atoms with Gasteiger partial charge in [-0.05, 0) is 38.0 Å². The van der Waals surface area contributed by atoms with E-state index in [1.54, 1.807) is 0 Å². The van der Waals surface area contributed by atoms with Crippen LogP contribution >= 0.6 is 11.8 Å². The van der Waals surface area contributed by atoms with E-state index in [9.17, 15) is 30.3 Å². The molecule has 0 radical (unpaired) electrons. The monoisotopic (exact) mass is 420 g/mol. The van der Waals surface area contributed by atoms with Gasteiger partial charge in [0.2, 0.25) is 0 Å². The van der Waals surface area contributed by atoms with Crippen molar-refractivity contribution in [2.75, 3.05) is 13.2 Å². The number of aliphatic hydroxyl groups is 4. The number of rotatable bonds is 9. The summed E-state index contributed by atoms with van der Waals surface area (Å²) in [5.74, 6) is -0.889. The number of aliphatic hydroxyl groups excluding tert-OH is 4. The van der Waals surface area contributed by atoms with Gasteiger partial charge < -0.3 is 42.3 Å². The molecule has 2 aliphatic rings. The number of nitrogens with two attached hydrogens (primary N) is 2. The van der Waals surface area contributed by atoms with E-state index in [4.69, 9.17) is 11.5 Å². The average molecular weight is 421 g/mol. The normalized spacial score (nSPS) is 36.8. The number of carboxylic acids is 1. The number of thioether (sulfide) groups is 1. The summed E-state index contributed by atoms with van der Waals surface area (Å²) in [7, 11) is 0. The van der Waals surface area contributed by atoms with E-state index in [1.807, 2.05) is 0 Å². The first-order chi connectivity index (χ1) is 13.2. The first kappa shape index (κ1) is 23.2. The molecule has 0 aromatic carbocycles. The Morgan fingerprint density at radius 3 is 2.50 bits per heavy atom. The Kier molecular flexibility index (Phi) is 8.78. The van der Waals surface area contributed by atoms with E-state index < -0.39 is 35.6 Å². The van der Waals surface area contributed by atoms with Gasteiger partial charge >= 0.3 is 5.97 Å². The maximum Gasteiger partial charge on any atom is 0.320 e. The SMILES string of the molecule is NC(N)=NCCC[C@H](NC1CCC([C@@H]2S[C@H](CO)[C@H](O)[C@H](O)[C@H]2O)C1)C(=O)O. The van der Waals surface area contributed by atoms with E-state index in [2.05, 4.69) is 10.3 Å². The summed E-state index contributed by atoms with van der Waals surface area (Å²) >= 11 is 1.30. The van der Waals surface area contributed by atoms with Crippen molar-refractivity contribution >= 4 is 23.7 Å². The Morgan fingerprint density at radius 2 is 1.89 bits per heavy atom. The molecule has 2 fully saturated rings. The molecule has 1 saturated heterocycles. The molecule has 2 rings (SSSR count). The Hall–Kier alpha value is -1.11. The molecule has 0 spiro atoms. The second kappa shape index (κ2) is 10.6. The zero-order valence-electron chi connectivity index (χ0n) is 15.7. The van der Waals surface area contributed by atoms with E-state index in [1.165, 1.54) is 11.8 Å². The Balaban J connectivity index is 1.89. The number of hydrogen-bond donors (Lipinski definition) is 8. The zero-order chi connectivity index (χ0) is 20.8. The number of nitrogens with zero attached hydrogens (tertiary/aromatic N) is 1. The van der Waals surface area contributed by atoms with Gasteiger partial charge in [-0.3, -0.25) is 9.79 Å². The number of carbonyl (C=O) groups is 1. The molecule has 162 valence electrons. The second-order valence-electron chi connectivity index (χ2n) is 7.57. The molecule has 2 unspecified atom stereocenters. The van der Waals surface area contributed by atoms with Gasteiger partial charge in [-0.2, -0.15) is 0 Å². The van der Waals surface area contributed by atoms with Crippen LogP contribution in [0, 0.1) is 5.92 Å². The zero-order valence-corrected chi connectivity index (χ0v) is 16.5. The number of aliphatic imine (C=N–C) groups is 1. The minimum atomic E-state index is -1.29. The summed E-state index contributed by atoms with van der Waals surface area (Å²) < 4.78 is 0. The molecule has 0 bridgehead atoms. The van der Waals surface area contributed by atoms with Crippen molar-refractivity contribution in [3.63, 3.8) is 0 Å². The Bertz CT molecular complexity index is 548. The van der Waals surface area contributed by atoms with Gasteiger partial charge in [-0.25, -0.2) is 0 Å². The fraction of sp³-hybridized carbons (Fsp3) is 0.882. The summed E-state index contributed by atoms with van der Waals surface area (Å²) in [6, 6.07) is -0.724. The van der Waals surface area contributed by atoms with Crippen molar-refractivity contribution in [1.29, 1.82) is 0 Å². The van der Waals surface area contributed by atoms with Gasteiger partial charge in [0, 0.05) is 17.8 Å². The van der Waals surface area contributed by atoms with Gasteiger partial charge in [0.25, 0.3) is 0 Å². The lowest BCUT2D eigenvalue weighted by Crippen LogP contribution is -2.55. The molecular weight excluding hydrogens is 388 g/mol. The highest BCUT2D eigenvalue weighted by Crippen LogP contribution is 2.42. The minimum absolute atomic E-state index is 0.0152. The van der Waals surface area contributed by atoms with Crippen LogP contribution in [0.4, 0.5) is 0 Å². The van der Waals surface area contributed by atoms with E-state index in [0.29, 0.717) is 25.8 Å². The van der Waals surface area contributed by atoms with Crippen molar-refractivity contribution < 1.29 is 30.3 Å². The molecule has 1 saturated carbocycles. The highest BCUT2D eigenvalue weighted by Gasteiger charge is 2.47. The third kappa shape index (κ3) is 5.94. The van der Waals surface area contributed by atoms with Crippen LogP contribution in [0.5, 0.6) is 0 Å². The Labute approximate surface area is 168 Å². The molecule has 10 N–H and O–H groups in total. The molecule has 11 heteroatoms. The predicted molar refractivity (Wildman–Crippen MR) is 106 cm³/mol. The van der Waals surface area contributed by atoms with Gasteiger partial charge in [0.05, 0.1) is 24.1 Å². The molecule has 0 aromatic heterocycles. The molecule has 10 nitrogen and oxygen atoms in total. The third-order valence-electron chi connectivity index (χ3n) is 5.55.